The zero-order valence-corrected chi connectivity index (χ0v) is 11.3. The molecule has 0 aliphatic rings. The van der Waals surface area contributed by atoms with Crippen molar-refractivity contribution in [3.63, 3.8) is 0 Å². The molecule has 0 spiro atoms. The second-order valence-corrected chi connectivity index (χ2v) is 3.29. The maximum absolute atomic E-state index is 4.85. The highest BCUT2D eigenvalue weighted by Gasteiger charge is 1.68. The van der Waals surface area contributed by atoms with Crippen LogP contribution in [0.1, 0.15) is 41.5 Å². The van der Waals surface area contributed by atoms with E-state index in [-0.39, 0.29) is 0 Å². The van der Waals surface area contributed by atoms with Gasteiger partial charge in [-0.3, -0.25) is 0 Å². The van der Waals surface area contributed by atoms with Gasteiger partial charge in [0.1, 0.15) is 0 Å². The summed E-state index contributed by atoms with van der Waals surface area (Å²) in [6, 6.07) is 12.0. The van der Waals surface area contributed by atoms with E-state index in [0.717, 1.165) is 12.5 Å². The van der Waals surface area contributed by atoms with Crippen LogP contribution in [0.5, 0.6) is 0 Å². The summed E-state index contributed by atoms with van der Waals surface area (Å²) in [5.74, 6) is 0.833. The third-order valence-electron chi connectivity index (χ3n) is 0.667. The van der Waals surface area contributed by atoms with Crippen molar-refractivity contribution in [1.29, 1.82) is 0 Å². The van der Waals surface area contributed by atoms with Crippen molar-refractivity contribution in [2.24, 2.45) is 11.7 Å². The summed E-state index contributed by atoms with van der Waals surface area (Å²) < 4.78 is 0. The molecule has 0 heterocycles. The Labute approximate surface area is 96.7 Å². The molecular weight excluding hydrogens is 182 g/mol. The molecule has 0 bridgehead atoms. The second kappa shape index (κ2) is 23.2. The number of rotatable bonds is 0. The van der Waals surface area contributed by atoms with E-state index in [4.69, 9.17) is 5.73 Å². The Balaban J connectivity index is -0.000000142. The average molecular weight is 211 g/mol. The van der Waals surface area contributed by atoms with E-state index >= 15 is 0 Å². The van der Waals surface area contributed by atoms with E-state index in [2.05, 4.69) is 20.8 Å². The first-order valence-electron chi connectivity index (χ1n) is 5.85. The van der Waals surface area contributed by atoms with Crippen LogP contribution in [0, 0.1) is 5.92 Å². The van der Waals surface area contributed by atoms with Gasteiger partial charge in [0.15, 0.2) is 0 Å². The van der Waals surface area contributed by atoms with Gasteiger partial charge in [-0.2, -0.15) is 0 Å². The van der Waals surface area contributed by atoms with Gasteiger partial charge in [0, 0.05) is 0 Å². The van der Waals surface area contributed by atoms with Crippen LogP contribution in [0.15, 0.2) is 36.4 Å². The molecule has 1 aromatic rings. The van der Waals surface area contributed by atoms with Gasteiger partial charge in [-0.25, -0.2) is 0 Å². The molecule has 0 unspecified atom stereocenters. The van der Waals surface area contributed by atoms with Crippen LogP contribution >= 0.6 is 0 Å². The molecule has 1 nitrogen and oxygen atoms in total. The van der Waals surface area contributed by atoms with Crippen LogP contribution in [0.3, 0.4) is 0 Å². The van der Waals surface area contributed by atoms with Crippen molar-refractivity contribution in [2.45, 2.75) is 41.5 Å². The fraction of sp³-hybridized carbons (Fsp3) is 0.571. The Bertz CT molecular complexity index is 117. The van der Waals surface area contributed by atoms with Crippen molar-refractivity contribution in [3.8, 4) is 0 Å². The molecule has 0 radical (unpaired) electrons. The van der Waals surface area contributed by atoms with Gasteiger partial charge in [-0.15, -0.1) is 0 Å². The van der Waals surface area contributed by atoms with Crippen LogP contribution in [0.4, 0.5) is 0 Å². The van der Waals surface area contributed by atoms with Gasteiger partial charge in [0.2, 0.25) is 0 Å². The zero-order valence-electron chi connectivity index (χ0n) is 11.3. The van der Waals surface area contributed by atoms with Gasteiger partial charge < -0.3 is 5.73 Å². The maximum atomic E-state index is 4.85. The molecular formula is C14H29N. The first-order valence-corrected chi connectivity index (χ1v) is 5.85. The number of benzene rings is 1. The zero-order chi connectivity index (χ0) is 12.5. The molecule has 0 amide bonds. The van der Waals surface area contributed by atoms with Gasteiger partial charge >= 0.3 is 0 Å². The minimum Gasteiger partial charge on any atom is -0.331 e. The van der Waals surface area contributed by atoms with Crippen molar-refractivity contribution in [1.82, 2.24) is 0 Å². The van der Waals surface area contributed by atoms with Crippen LogP contribution in [-0.4, -0.2) is 6.54 Å². The summed E-state index contributed by atoms with van der Waals surface area (Å²) in [6.07, 6.45) is 0. The fourth-order valence-electron chi connectivity index (χ4n) is 0.385. The van der Waals surface area contributed by atoms with E-state index < -0.39 is 0 Å². The van der Waals surface area contributed by atoms with E-state index in [1.807, 2.05) is 57.2 Å². The summed E-state index contributed by atoms with van der Waals surface area (Å²) in [6.45, 7) is 13.2. The predicted octanol–water partition coefficient (Wildman–Crippen LogP) is 4.34. The molecule has 1 rings (SSSR count). The Morgan fingerprint density at radius 2 is 0.867 bits per heavy atom. The molecule has 0 saturated heterocycles. The van der Waals surface area contributed by atoms with Crippen LogP contribution < -0.4 is 5.73 Å². The smallest absolute Gasteiger partial charge is 0.0106 e. The predicted molar refractivity (Wildman–Crippen MR) is 73.0 cm³/mol. The summed E-state index contributed by atoms with van der Waals surface area (Å²) in [5.41, 5.74) is 4.85. The third kappa shape index (κ3) is 61.4. The largest absolute Gasteiger partial charge is 0.331 e. The van der Waals surface area contributed by atoms with E-state index in [0.29, 0.717) is 0 Å². The number of nitrogens with two attached hydrogens (primary N) is 1. The van der Waals surface area contributed by atoms with Gasteiger partial charge in [0.25, 0.3) is 0 Å². The van der Waals surface area contributed by atoms with Crippen LogP contribution in [0.2, 0.25) is 0 Å². The first-order chi connectivity index (χ1) is 7.15. The lowest BCUT2D eigenvalue weighted by Gasteiger charge is -1.79. The fourth-order valence-corrected chi connectivity index (χ4v) is 0.385. The highest BCUT2D eigenvalue weighted by molar-refractivity contribution is 4.99. The van der Waals surface area contributed by atoms with Crippen molar-refractivity contribution in [2.75, 3.05) is 6.54 Å². The summed E-state index contributed by atoms with van der Waals surface area (Å²) >= 11 is 0. The average Bonchev–Trinajstić information content (AvgIpc) is 2.24. The standard InChI is InChI=1S/C6H6.C4H10.C2H7N.C2H6/c1-2-4-6-5-3-1;1-4(2)3;1-2-3;1-2/h1-6H;4H,1-3H3;2-3H2,1H3;1-2H3. The Hall–Kier alpha value is -0.820. The topological polar surface area (TPSA) is 26.0 Å². The molecule has 0 aliphatic heterocycles. The Morgan fingerprint density at radius 3 is 0.933 bits per heavy atom. The number of hydrogen-bond donors (Lipinski definition) is 1. The molecule has 2 N–H and O–H groups in total. The van der Waals surface area contributed by atoms with E-state index in [9.17, 15) is 0 Å². The van der Waals surface area contributed by atoms with Crippen molar-refractivity contribution < 1.29 is 0 Å². The normalized spacial score (nSPS) is 7.20. The summed E-state index contributed by atoms with van der Waals surface area (Å²) in [4.78, 5) is 0. The molecule has 0 aliphatic carbocycles. The minimum absolute atomic E-state index is 0.750. The summed E-state index contributed by atoms with van der Waals surface area (Å²) in [7, 11) is 0. The van der Waals surface area contributed by atoms with E-state index in [1.165, 1.54) is 0 Å². The molecule has 15 heavy (non-hydrogen) atoms. The first kappa shape index (κ1) is 19.7. The lowest BCUT2D eigenvalue weighted by Crippen LogP contribution is -1.87. The van der Waals surface area contributed by atoms with Crippen LogP contribution in [-0.2, 0) is 0 Å². The monoisotopic (exact) mass is 211 g/mol. The minimum atomic E-state index is 0.750. The van der Waals surface area contributed by atoms with Crippen LogP contribution in [0.25, 0.3) is 0 Å². The molecule has 0 aromatic heterocycles. The van der Waals surface area contributed by atoms with Gasteiger partial charge in [-0.05, 0) is 12.5 Å². The van der Waals surface area contributed by atoms with E-state index in [1.54, 1.807) is 0 Å². The molecule has 0 saturated carbocycles. The molecule has 90 valence electrons. The highest BCUT2D eigenvalue weighted by Crippen LogP contribution is 1.81. The molecule has 0 atom stereocenters. The Morgan fingerprint density at radius 1 is 0.800 bits per heavy atom. The molecule has 1 heteroatoms. The van der Waals surface area contributed by atoms with Crippen molar-refractivity contribution in [3.05, 3.63) is 36.4 Å². The lowest BCUT2D eigenvalue weighted by molar-refractivity contribution is 0.737. The quantitative estimate of drug-likeness (QED) is 0.678. The lowest BCUT2D eigenvalue weighted by atomic mass is 10.3. The van der Waals surface area contributed by atoms with Crippen molar-refractivity contribution >= 4 is 0 Å². The highest BCUT2D eigenvalue weighted by atomic mass is 14.5. The summed E-state index contributed by atoms with van der Waals surface area (Å²) in [5, 5.41) is 0. The van der Waals surface area contributed by atoms with Gasteiger partial charge in [-0.1, -0.05) is 77.9 Å². The second-order valence-electron chi connectivity index (χ2n) is 3.29. The maximum Gasteiger partial charge on any atom is -0.0106 e. The SMILES string of the molecule is CC.CC(C)C.CCN.c1ccccc1. The number of hydrogen-bond acceptors (Lipinski definition) is 1. The molecule has 1 aromatic carbocycles. The molecule has 0 fully saturated rings. The van der Waals surface area contributed by atoms with Gasteiger partial charge in [0.05, 0.1) is 0 Å². The third-order valence-corrected chi connectivity index (χ3v) is 0.667. The Kier molecular flexibility index (Phi) is 30.5.